The minimum Gasteiger partial charge on any atom is -0.464 e. The van der Waals surface area contributed by atoms with Gasteiger partial charge in [0.1, 0.15) is 11.5 Å². The molecule has 7 heteroatoms. The molecule has 0 spiro atoms. The minimum atomic E-state index is -3.51. The highest BCUT2D eigenvalue weighted by Gasteiger charge is 2.37. The zero-order valence-corrected chi connectivity index (χ0v) is 15.0. The highest BCUT2D eigenvalue weighted by atomic mass is 32.2. The van der Waals surface area contributed by atoms with Crippen molar-refractivity contribution in [2.24, 2.45) is 5.92 Å². The number of nitrogens with zero attached hydrogens (tertiary/aromatic N) is 2. The topological polar surface area (TPSA) is 63.0 Å². The smallest absolute Gasteiger partial charge is 0.282 e. The minimum absolute atomic E-state index is 0.0894. The molecule has 0 bridgehead atoms. The number of rotatable bonds is 5. The molecule has 130 valence electrons. The Hall–Kier alpha value is -0.890. The van der Waals surface area contributed by atoms with E-state index in [1.807, 2.05) is 26.0 Å². The summed E-state index contributed by atoms with van der Waals surface area (Å²) >= 11 is 0. The van der Waals surface area contributed by atoms with Gasteiger partial charge in [0.05, 0.1) is 18.8 Å². The molecule has 1 aromatic rings. The Kier molecular flexibility index (Phi) is 4.57. The van der Waals surface area contributed by atoms with Gasteiger partial charge in [-0.15, -0.1) is 0 Å². The lowest BCUT2D eigenvalue weighted by Gasteiger charge is -2.36. The van der Waals surface area contributed by atoms with Crippen molar-refractivity contribution in [2.45, 2.75) is 51.9 Å². The number of furan rings is 1. The van der Waals surface area contributed by atoms with Crippen molar-refractivity contribution < 1.29 is 17.6 Å². The summed E-state index contributed by atoms with van der Waals surface area (Å²) in [6.07, 6.45) is 0.979. The molecule has 1 aromatic heterocycles. The van der Waals surface area contributed by atoms with Gasteiger partial charge in [-0.3, -0.25) is 0 Å². The third kappa shape index (κ3) is 3.63. The molecule has 23 heavy (non-hydrogen) atoms. The Balaban J connectivity index is 1.66. The van der Waals surface area contributed by atoms with Crippen molar-refractivity contribution >= 4 is 10.2 Å². The standard InChI is InChI=1S/C16H26N2O4S/c1-11-7-15(11)16-6-5-14(22-16)10-17(4)23(19,20)18-8-12(2)21-13(3)9-18/h5-6,11-13,15H,7-10H2,1-4H3/t11-,12-,13+,15-/m1/s1. The lowest BCUT2D eigenvalue weighted by molar-refractivity contribution is -0.0453. The first kappa shape index (κ1) is 17.0. The fourth-order valence-corrected chi connectivity index (χ4v) is 4.70. The first-order valence-corrected chi connectivity index (χ1v) is 9.62. The quantitative estimate of drug-likeness (QED) is 0.823. The molecule has 1 saturated heterocycles. The molecule has 1 aliphatic carbocycles. The van der Waals surface area contributed by atoms with Crippen LogP contribution in [0.15, 0.2) is 16.5 Å². The molecule has 0 amide bonds. The Morgan fingerprint density at radius 1 is 1.22 bits per heavy atom. The lowest BCUT2D eigenvalue weighted by atomic mass is 10.3. The molecule has 1 saturated carbocycles. The van der Waals surface area contributed by atoms with Crippen molar-refractivity contribution in [3.05, 3.63) is 23.7 Å². The van der Waals surface area contributed by atoms with Gasteiger partial charge >= 0.3 is 0 Å². The molecule has 3 rings (SSSR count). The van der Waals surface area contributed by atoms with Crippen LogP contribution in [-0.4, -0.2) is 49.4 Å². The summed E-state index contributed by atoms with van der Waals surface area (Å²) < 4.78 is 39.8. The van der Waals surface area contributed by atoms with E-state index in [1.165, 1.54) is 8.61 Å². The number of ether oxygens (including phenoxy) is 1. The third-order valence-electron chi connectivity index (χ3n) is 4.64. The lowest BCUT2D eigenvalue weighted by Crippen LogP contribution is -2.52. The molecule has 1 aliphatic heterocycles. The van der Waals surface area contributed by atoms with Gasteiger partial charge in [-0.25, -0.2) is 0 Å². The Morgan fingerprint density at radius 2 is 1.83 bits per heavy atom. The Labute approximate surface area is 138 Å². The number of hydrogen-bond donors (Lipinski definition) is 0. The molecular weight excluding hydrogens is 316 g/mol. The molecule has 0 N–H and O–H groups in total. The molecule has 6 nitrogen and oxygen atoms in total. The highest BCUT2D eigenvalue weighted by molar-refractivity contribution is 7.86. The summed E-state index contributed by atoms with van der Waals surface area (Å²) in [5, 5.41) is 0. The second-order valence-electron chi connectivity index (χ2n) is 6.96. The van der Waals surface area contributed by atoms with Gasteiger partial charge < -0.3 is 9.15 Å². The van der Waals surface area contributed by atoms with Crippen LogP contribution in [0.3, 0.4) is 0 Å². The van der Waals surface area contributed by atoms with E-state index in [-0.39, 0.29) is 18.8 Å². The van der Waals surface area contributed by atoms with Gasteiger partial charge in [-0.2, -0.15) is 17.0 Å². The molecule has 4 atom stereocenters. The van der Waals surface area contributed by atoms with Crippen molar-refractivity contribution in [3.8, 4) is 0 Å². The van der Waals surface area contributed by atoms with E-state index < -0.39 is 10.2 Å². The average molecular weight is 342 g/mol. The van der Waals surface area contributed by atoms with Crippen molar-refractivity contribution in [1.29, 1.82) is 0 Å². The van der Waals surface area contributed by atoms with Gasteiger partial charge in [0.15, 0.2) is 0 Å². The number of hydrogen-bond acceptors (Lipinski definition) is 4. The summed E-state index contributed by atoms with van der Waals surface area (Å²) in [7, 11) is -1.91. The van der Waals surface area contributed by atoms with Crippen molar-refractivity contribution in [3.63, 3.8) is 0 Å². The summed E-state index contributed by atoms with van der Waals surface area (Å²) in [6.45, 7) is 7.02. The molecule has 2 fully saturated rings. The van der Waals surface area contributed by atoms with Gasteiger partial charge in [-0.05, 0) is 38.3 Å². The molecule has 2 heterocycles. The molecule has 2 aliphatic rings. The first-order valence-electron chi connectivity index (χ1n) is 8.23. The van der Waals surface area contributed by atoms with Crippen LogP contribution in [0.5, 0.6) is 0 Å². The third-order valence-corrected chi connectivity index (χ3v) is 6.51. The van der Waals surface area contributed by atoms with Crippen LogP contribution in [0.25, 0.3) is 0 Å². The van der Waals surface area contributed by atoms with Gasteiger partial charge in [0, 0.05) is 26.1 Å². The zero-order valence-electron chi connectivity index (χ0n) is 14.2. The SMILES string of the molecule is C[C@@H]1CN(S(=O)(=O)N(C)Cc2ccc([C@@H]3C[C@H]3C)o2)C[C@H](C)O1. The molecule has 0 unspecified atom stereocenters. The van der Waals surface area contributed by atoms with Crippen molar-refractivity contribution in [1.82, 2.24) is 8.61 Å². The second-order valence-corrected chi connectivity index (χ2v) is 9.00. The van der Waals surface area contributed by atoms with E-state index in [0.717, 1.165) is 12.2 Å². The Bertz CT molecular complexity index is 647. The van der Waals surface area contributed by atoms with E-state index in [9.17, 15) is 8.42 Å². The van der Waals surface area contributed by atoms with E-state index in [1.54, 1.807) is 7.05 Å². The predicted molar refractivity (Wildman–Crippen MR) is 87.2 cm³/mol. The summed E-state index contributed by atoms with van der Waals surface area (Å²) in [4.78, 5) is 0. The van der Waals surface area contributed by atoms with E-state index in [2.05, 4.69) is 6.92 Å². The number of morpholine rings is 1. The summed E-state index contributed by atoms with van der Waals surface area (Å²) in [6, 6.07) is 3.86. The first-order chi connectivity index (χ1) is 10.8. The predicted octanol–water partition coefficient (Wildman–Crippen LogP) is 2.19. The molecule has 0 aromatic carbocycles. The van der Waals surface area contributed by atoms with Gasteiger partial charge in [-0.1, -0.05) is 6.92 Å². The largest absolute Gasteiger partial charge is 0.464 e. The molecular formula is C16H26N2O4S. The summed E-state index contributed by atoms with van der Waals surface area (Å²) in [5.41, 5.74) is 0. The zero-order chi connectivity index (χ0) is 16.8. The normalized spacial score (nSPS) is 32.4. The maximum absolute atomic E-state index is 12.7. The molecule has 0 radical (unpaired) electrons. The maximum Gasteiger partial charge on any atom is 0.282 e. The van der Waals surface area contributed by atoms with Gasteiger partial charge in [0.2, 0.25) is 0 Å². The van der Waals surface area contributed by atoms with Crippen LogP contribution >= 0.6 is 0 Å². The van der Waals surface area contributed by atoms with Crippen LogP contribution in [-0.2, 0) is 21.5 Å². The van der Waals surface area contributed by atoms with E-state index in [0.29, 0.717) is 30.7 Å². The van der Waals surface area contributed by atoms with Crippen molar-refractivity contribution in [2.75, 3.05) is 20.1 Å². The van der Waals surface area contributed by atoms with E-state index in [4.69, 9.17) is 9.15 Å². The van der Waals surface area contributed by atoms with Crippen LogP contribution in [0.1, 0.15) is 44.6 Å². The second kappa shape index (κ2) is 6.20. The van der Waals surface area contributed by atoms with Gasteiger partial charge in [0.25, 0.3) is 10.2 Å². The van der Waals surface area contributed by atoms with Crippen LogP contribution < -0.4 is 0 Å². The van der Waals surface area contributed by atoms with E-state index >= 15 is 0 Å². The monoisotopic (exact) mass is 342 g/mol. The fourth-order valence-electron chi connectivity index (χ4n) is 3.21. The van der Waals surface area contributed by atoms with Crippen LogP contribution in [0.2, 0.25) is 0 Å². The fraction of sp³-hybridized carbons (Fsp3) is 0.750. The Morgan fingerprint density at radius 3 is 2.39 bits per heavy atom. The van der Waals surface area contributed by atoms with Crippen LogP contribution in [0, 0.1) is 5.92 Å². The maximum atomic E-state index is 12.7. The average Bonchev–Trinajstić information content (AvgIpc) is 3.01. The highest BCUT2D eigenvalue weighted by Crippen LogP contribution is 2.47. The van der Waals surface area contributed by atoms with Crippen LogP contribution in [0.4, 0.5) is 0 Å². The summed E-state index contributed by atoms with van der Waals surface area (Å²) in [5.74, 6) is 2.85.